The van der Waals surface area contributed by atoms with Gasteiger partial charge in [0.25, 0.3) is 0 Å². The first kappa shape index (κ1) is 42.2. The van der Waals surface area contributed by atoms with Crippen LogP contribution in [0.3, 0.4) is 0 Å². The van der Waals surface area contributed by atoms with Gasteiger partial charge in [0, 0.05) is 72.0 Å². The molecule has 0 aliphatic carbocycles. The summed E-state index contributed by atoms with van der Waals surface area (Å²) in [6.07, 6.45) is 16.0. The Bertz CT molecular complexity index is 2600. The molecule has 0 saturated carbocycles. The first-order valence-corrected chi connectivity index (χ1v) is 20.0. The van der Waals surface area contributed by atoms with Gasteiger partial charge < -0.3 is 5.11 Å². The van der Waals surface area contributed by atoms with Crippen LogP contribution in [0.2, 0.25) is 8.93 Å². The maximum atomic E-state index is 12.1. The van der Waals surface area contributed by atoms with Gasteiger partial charge in [-0.05, 0) is 102 Å². The summed E-state index contributed by atoms with van der Waals surface area (Å²) >= 11 is 14.4. The SMILES string of the molecule is Clc1ncc(Cc2ccc(-n3cccn3)cc2)s1.O=Cc1ccc(-n2cccn2)cc1.O=Cc1ccc(F)cc1.OC(c1ccc(-n2cccn2)cc1)c1cnc(Cl)s1. The molecular formula is C43H33Cl2FN8O3S2. The maximum Gasteiger partial charge on any atom is 0.183 e. The highest BCUT2D eigenvalue weighted by atomic mass is 35.5. The number of aliphatic hydroxyl groups excluding tert-OH is 1. The number of nitrogens with zero attached hydrogens (tertiary/aromatic N) is 8. The van der Waals surface area contributed by atoms with E-state index in [-0.39, 0.29) is 5.82 Å². The average Bonchev–Trinajstić information content (AvgIpc) is 4.14. The van der Waals surface area contributed by atoms with Crippen molar-refractivity contribution >= 4 is 58.4 Å². The van der Waals surface area contributed by atoms with Gasteiger partial charge in [-0.15, -0.1) is 22.7 Å². The minimum absolute atomic E-state index is 0.319. The van der Waals surface area contributed by atoms with Crippen molar-refractivity contribution in [3.8, 4) is 17.1 Å². The second-order valence-electron chi connectivity index (χ2n) is 12.2. The van der Waals surface area contributed by atoms with Crippen molar-refractivity contribution in [3.63, 3.8) is 0 Å². The van der Waals surface area contributed by atoms with Gasteiger partial charge in [-0.1, -0.05) is 47.5 Å². The molecule has 5 heterocycles. The molecule has 0 bridgehead atoms. The number of hydrogen-bond acceptors (Lipinski definition) is 10. The van der Waals surface area contributed by atoms with Crippen molar-refractivity contribution < 1.29 is 19.1 Å². The van der Waals surface area contributed by atoms with Crippen molar-refractivity contribution in [1.29, 1.82) is 0 Å². The topological polar surface area (TPSA) is 134 Å². The number of halogens is 3. The van der Waals surface area contributed by atoms with Crippen LogP contribution in [0.1, 0.15) is 47.7 Å². The summed E-state index contributed by atoms with van der Waals surface area (Å²) in [6, 6.07) is 34.1. The van der Waals surface area contributed by atoms with Crippen molar-refractivity contribution in [1.82, 2.24) is 39.3 Å². The number of aliphatic hydroxyl groups is 1. The summed E-state index contributed by atoms with van der Waals surface area (Å²) in [4.78, 5) is 30.3. The minimum Gasteiger partial charge on any atom is -0.383 e. The summed E-state index contributed by atoms with van der Waals surface area (Å²) in [5.41, 5.74) is 6.18. The molecule has 11 nitrogen and oxygen atoms in total. The Morgan fingerprint density at radius 3 is 1.46 bits per heavy atom. The first-order chi connectivity index (χ1) is 28.8. The van der Waals surface area contributed by atoms with Gasteiger partial charge in [-0.25, -0.2) is 28.4 Å². The summed E-state index contributed by atoms with van der Waals surface area (Å²) in [5, 5.41) is 22.6. The van der Waals surface area contributed by atoms with E-state index in [4.69, 9.17) is 23.2 Å². The zero-order valence-electron chi connectivity index (χ0n) is 30.8. The molecule has 0 fully saturated rings. The van der Waals surface area contributed by atoms with Crippen LogP contribution in [0.5, 0.6) is 0 Å². The standard InChI is InChI=1S/C13H10ClN3OS.C13H10ClN3S.C10H8N2O.C7H5FO/c14-13-15-8-11(19-13)12(18)9-2-4-10(5-3-9)17-7-1-6-16-17;14-13-15-9-12(18-13)8-10-2-4-11(5-3-10)17-7-1-6-16-17;13-8-9-2-4-10(5-3-9)12-7-1-6-11-12;8-7-3-1-6(5-9)2-4-7/h1-8,12,18H;1-7,9H,8H2;1-8H;1-5H. The second-order valence-corrected chi connectivity index (χ2v) is 15.5. The van der Waals surface area contributed by atoms with Crippen molar-refractivity contribution in [2.45, 2.75) is 12.5 Å². The summed E-state index contributed by atoms with van der Waals surface area (Å²) in [6.45, 7) is 0. The fourth-order valence-corrected chi connectivity index (χ4v) is 7.19. The minimum atomic E-state index is -0.698. The number of aromatic nitrogens is 8. The third-order valence-corrected chi connectivity index (χ3v) is 10.4. The Morgan fingerprint density at radius 2 is 1.05 bits per heavy atom. The average molecular weight is 864 g/mol. The molecule has 0 radical (unpaired) electrons. The van der Waals surface area contributed by atoms with Gasteiger partial charge in [0.2, 0.25) is 0 Å². The lowest BCUT2D eigenvalue weighted by molar-refractivity contribution is 0.111. The lowest BCUT2D eigenvalue weighted by atomic mass is 10.1. The number of benzene rings is 4. The van der Waals surface area contributed by atoms with Crippen LogP contribution < -0.4 is 0 Å². The molecular weight excluding hydrogens is 831 g/mol. The van der Waals surface area contributed by atoms with E-state index < -0.39 is 6.10 Å². The van der Waals surface area contributed by atoms with Gasteiger partial charge in [0.15, 0.2) is 8.93 Å². The fourth-order valence-electron chi connectivity index (χ4n) is 5.21. The lowest BCUT2D eigenvalue weighted by Crippen LogP contribution is -1.99. The van der Waals surface area contributed by atoms with Crippen molar-refractivity contribution in [2.24, 2.45) is 0 Å². The number of aldehydes is 2. The maximum absolute atomic E-state index is 12.1. The largest absolute Gasteiger partial charge is 0.383 e. The van der Waals surface area contributed by atoms with Gasteiger partial charge in [0.1, 0.15) is 24.5 Å². The molecule has 0 spiro atoms. The van der Waals surface area contributed by atoms with Crippen LogP contribution in [-0.2, 0) is 6.42 Å². The molecule has 5 aromatic heterocycles. The van der Waals surface area contributed by atoms with Crippen LogP contribution in [-0.4, -0.2) is 57.0 Å². The molecule has 1 N–H and O–H groups in total. The highest BCUT2D eigenvalue weighted by Gasteiger charge is 2.14. The molecule has 1 unspecified atom stereocenters. The third kappa shape index (κ3) is 12.5. The quantitative estimate of drug-likeness (QED) is 0.142. The lowest BCUT2D eigenvalue weighted by Gasteiger charge is -2.09. The number of thiazole rings is 2. The van der Waals surface area contributed by atoms with E-state index in [0.29, 0.717) is 26.3 Å². The van der Waals surface area contributed by atoms with Crippen LogP contribution in [0, 0.1) is 5.82 Å². The number of carbonyl (C=O) groups is 2. The highest BCUT2D eigenvalue weighted by Crippen LogP contribution is 2.29. The Kier molecular flexibility index (Phi) is 15.3. The molecule has 4 aromatic carbocycles. The Morgan fingerprint density at radius 1 is 0.610 bits per heavy atom. The highest BCUT2D eigenvalue weighted by molar-refractivity contribution is 7.16. The Hall–Kier alpha value is -6.42. The molecule has 296 valence electrons. The fraction of sp³-hybridized carbons (Fsp3) is 0.0465. The van der Waals surface area contributed by atoms with E-state index >= 15 is 0 Å². The smallest absolute Gasteiger partial charge is 0.183 e. The van der Waals surface area contributed by atoms with Gasteiger partial charge >= 0.3 is 0 Å². The van der Waals surface area contributed by atoms with E-state index in [2.05, 4.69) is 49.5 Å². The van der Waals surface area contributed by atoms with Crippen LogP contribution in [0.15, 0.2) is 165 Å². The number of carbonyl (C=O) groups excluding carboxylic acids is 2. The molecule has 0 aliphatic rings. The third-order valence-electron chi connectivity index (χ3n) is 8.16. The van der Waals surface area contributed by atoms with E-state index in [1.165, 1.54) is 57.4 Å². The molecule has 59 heavy (non-hydrogen) atoms. The van der Waals surface area contributed by atoms with Crippen molar-refractivity contribution in [2.75, 3.05) is 0 Å². The molecule has 9 rings (SSSR count). The van der Waals surface area contributed by atoms with Gasteiger partial charge in [-0.3, -0.25) is 9.59 Å². The van der Waals surface area contributed by atoms with E-state index in [9.17, 15) is 19.1 Å². The number of hydrogen-bond donors (Lipinski definition) is 1. The monoisotopic (exact) mass is 862 g/mol. The summed E-state index contributed by atoms with van der Waals surface area (Å²) in [7, 11) is 0. The predicted octanol–water partition coefficient (Wildman–Crippen LogP) is 9.96. The molecule has 16 heteroatoms. The zero-order valence-corrected chi connectivity index (χ0v) is 34.0. The number of rotatable bonds is 9. The molecule has 0 aliphatic heterocycles. The molecule has 0 saturated heterocycles. The Labute approximate surface area is 356 Å². The van der Waals surface area contributed by atoms with Gasteiger partial charge in [0.05, 0.1) is 21.9 Å². The van der Waals surface area contributed by atoms with Crippen LogP contribution >= 0.6 is 45.9 Å². The normalized spacial score (nSPS) is 10.8. The summed E-state index contributed by atoms with van der Waals surface area (Å²) < 4.78 is 18.5. The molecule has 1 atom stereocenters. The van der Waals surface area contributed by atoms with E-state index in [0.717, 1.165) is 40.2 Å². The van der Waals surface area contributed by atoms with E-state index in [1.54, 1.807) is 46.3 Å². The Balaban J connectivity index is 0.000000137. The second kappa shape index (κ2) is 21.4. The van der Waals surface area contributed by atoms with Gasteiger partial charge in [-0.2, -0.15) is 15.3 Å². The van der Waals surface area contributed by atoms with E-state index in [1.807, 2.05) is 84.1 Å². The predicted molar refractivity (Wildman–Crippen MR) is 229 cm³/mol. The van der Waals surface area contributed by atoms with Crippen LogP contribution in [0.4, 0.5) is 4.39 Å². The molecule has 0 amide bonds. The van der Waals surface area contributed by atoms with Crippen molar-refractivity contribution in [3.05, 3.63) is 212 Å². The first-order valence-electron chi connectivity index (χ1n) is 17.6. The molecule has 9 aromatic rings. The zero-order chi connectivity index (χ0) is 41.4. The van der Waals surface area contributed by atoms with Crippen LogP contribution in [0.25, 0.3) is 17.1 Å². The summed E-state index contributed by atoms with van der Waals surface area (Å²) in [5.74, 6) is -0.319.